The van der Waals surface area contributed by atoms with E-state index in [4.69, 9.17) is 0 Å². The molecule has 1 fully saturated rings. The highest BCUT2D eigenvalue weighted by Crippen LogP contribution is 2.29. The van der Waals surface area contributed by atoms with Gasteiger partial charge < -0.3 is 10.2 Å². The molecule has 0 radical (unpaired) electrons. The van der Waals surface area contributed by atoms with E-state index in [0.717, 1.165) is 25.7 Å². The maximum Gasteiger partial charge on any atom is 0.243 e. The zero-order chi connectivity index (χ0) is 14.6. The summed E-state index contributed by atoms with van der Waals surface area (Å²) < 4.78 is 0. The molecule has 0 heterocycles. The Morgan fingerprint density at radius 1 is 1.16 bits per heavy atom. The topological polar surface area (TPSA) is 49.4 Å². The maximum absolute atomic E-state index is 12.5. The Kier molecular flexibility index (Phi) is 5.39. The minimum absolute atomic E-state index is 0.0166. The monoisotopic (exact) mass is 268 g/mol. The SMILES string of the molecule is CC(=O)N(C)C(C(=O)NC(C)(C)C)C1CCCCC1. The number of nitrogens with zero attached hydrogens (tertiary/aromatic N) is 1. The molecule has 0 aromatic heterocycles. The second kappa shape index (κ2) is 6.40. The number of carbonyl (C=O) groups excluding carboxylic acids is 2. The van der Waals surface area contributed by atoms with Gasteiger partial charge in [0.25, 0.3) is 0 Å². The van der Waals surface area contributed by atoms with E-state index in [2.05, 4.69) is 5.32 Å². The zero-order valence-electron chi connectivity index (χ0n) is 13.0. The van der Waals surface area contributed by atoms with Crippen LogP contribution in [0.15, 0.2) is 0 Å². The minimum Gasteiger partial charge on any atom is -0.350 e. The van der Waals surface area contributed by atoms with Crippen LogP contribution in [0.3, 0.4) is 0 Å². The second-order valence-corrected chi connectivity index (χ2v) is 6.71. The summed E-state index contributed by atoms with van der Waals surface area (Å²) in [5.41, 5.74) is -0.262. The van der Waals surface area contributed by atoms with Gasteiger partial charge in [-0.1, -0.05) is 19.3 Å². The van der Waals surface area contributed by atoms with Crippen LogP contribution in [-0.4, -0.2) is 35.3 Å². The predicted molar refractivity (Wildman–Crippen MR) is 76.7 cm³/mol. The molecule has 1 aliphatic carbocycles. The van der Waals surface area contributed by atoms with Crippen LogP contribution in [0.1, 0.15) is 59.8 Å². The average Bonchev–Trinajstić information content (AvgIpc) is 2.28. The number of nitrogens with one attached hydrogen (secondary N) is 1. The molecule has 1 saturated carbocycles. The molecule has 0 saturated heterocycles. The first-order chi connectivity index (χ1) is 8.72. The molecule has 110 valence electrons. The fourth-order valence-corrected chi connectivity index (χ4v) is 2.80. The summed E-state index contributed by atoms with van der Waals surface area (Å²) in [7, 11) is 1.74. The van der Waals surface area contributed by atoms with Crippen LogP contribution in [0.25, 0.3) is 0 Å². The Hall–Kier alpha value is -1.06. The third-order valence-corrected chi connectivity index (χ3v) is 3.78. The number of hydrogen-bond donors (Lipinski definition) is 1. The van der Waals surface area contributed by atoms with E-state index >= 15 is 0 Å². The van der Waals surface area contributed by atoms with Crippen LogP contribution in [0, 0.1) is 5.92 Å². The van der Waals surface area contributed by atoms with E-state index < -0.39 is 0 Å². The fraction of sp³-hybridized carbons (Fsp3) is 0.867. The van der Waals surface area contributed by atoms with Crippen LogP contribution in [0.4, 0.5) is 0 Å². The number of likely N-dealkylation sites (N-methyl/N-ethyl adjacent to an activating group) is 1. The first-order valence-electron chi connectivity index (χ1n) is 7.28. The lowest BCUT2D eigenvalue weighted by Gasteiger charge is -2.37. The summed E-state index contributed by atoms with van der Waals surface area (Å²) in [5.74, 6) is 0.238. The lowest BCUT2D eigenvalue weighted by atomic mass is 9.82. The highest BCUT2D eigenvalue weighted by molar-refractivity contribution is 5.87. The van der Waals surface area contributed by atoms with Gasteiger partial charge in [-0.05, 0) is 39.5 Å². The molecule has 0 spiro atoms. The van der Waals surface area contributed by atoms with E-state index in [-0.39, 0.29) is 23.4 Å². The van der Waals surface area contributed by atoms with Gasteiger partial charge in [-0.15, -0.1) is 0 Å². The summed E-state index contributed by atoms with van der Waals surface area (Å²) in [4.78, 5) is 25.8. The van der Waals surface area contributed by atoms with Crippen molar-refractivity contribution < 1.29 is 9.59 Å². The van der Waals surface area contributed by atoms with Crippen molar-refractivity contribution >= 4 is 11.8 Å². The highest BCUT2D eigenvalue weighted by Gasteiger charge is 2.35. The molecule has 0 bridgehead atoms. The van der Waals surface area contributed by atoms with E-state index in [1.54, 1.807) is 11.9 Å². The number of amides is 2. The van der Waals surface area contributed by atoms with Crippen LogP contribution in [-0.2, 0) is 9.59 Å². The van der Waals surface area contributed by atoms with Crippen molar-refractivity contribution in [3.05, 3.63) is 0 Å². The van der Waals surface area contributed by atoms with Gasteiger partial charge in [0.05, 0.1) is 0 Å². The van der Waals surface area contributed by atoms with Gasteiger partial charge in [0.1, 0.15) is 6.04 Å². The first-order valence-corrected chi connectivity index (χ1v) is 7.28. The standard InChI is InChI=1S/C15H28N2O2/c1-11(18)17(5)13(12-9-7-6-8-10-12)14(19)16-15(2,3)4/h12-13H,6-10H2,1-5H3,(H,16,19). The van der Waals surface area contributed by atoms with Gasteiger partial charge in [0.2, 0.25) is 11.8 Å². The molecule has 4 heteroatoms. The van der Waals surface area contributed by atoms with E-state index in [1.807, 2.05) is 20.8 Å². The Labute approximate surface area is 116 Å². The molecular formula is C15H28N2O2. The first kappa shape index (κ1) is 16.0. The molecule has 19 heavy (non-hydrogen) atoms. The van der Waals surface area contributed by atoms with Crippen molar-refractivity contribution in [2.45, 2.75) is 71.4 Å². The highest BCUT2D eigenvalue weighted by atomic mass is 16.2. The summed E-state index contributed by atoms with van der Waals surface area (Å²) >= 11 is 0. The third kappa shape index (κ3) is 4.84. The van der Waals surface area contributed by atoms with Gasteiger partial charge in [-0.3, -0.25) is 9.59 Å². The molecule has 4 nitrogen and oxygen atoms in total. The minimum atomic E-state index is -0.322. The molecule has 0 aromatic rings. The van der Waals surface area contributed by atoms with Gasteiger partial charge >= 0.3 is 0 Å². The van der Waals surface area contributed by atoms with Crippen molar-refractivity contribution in [2.75, 3.05) is 7.05 Å². The Morgan fingerprint density at radius 2 is 1.68 bits per heavy atom. The number of rotatable bonds is 3. The van der Waals surface area contributed by atoms with Crippen LogP contribution in [0.2, 0.25) is 0 Å². The molecule has 1 aliphatic rings. The maximum atomic E-state index is 12.5. The molecule has 1 unspecified atom stereocenters. The Bertz CT molecular complexity index is 328. The van der Waals surface area contributed by atoms with E-state index in [0.29, 0.717) is 5.92 Å². The van der Waals surface area contributed by atoms with Gasteiger partial charge in [-0.25, -0.2) is 0 Å². The summed E-state index contributed by atoms with van der Waals surface area (Å²) in [6.07, 6.45) is 5.65. The summed E-state index contributed by atoms with van der Waals surface area (Å²) in [6, 6.07) is -0.322. The normalized spacial score (nSPS) is 18.8. The average molecular weight is 268 g/mol. The van der Waals surface area contributed by atoms with Crippen molar-refractivity contribution in [1.29, 1.82) is 0 Å². The van der Waals surface area contributed by atoms with Gasteiger partial charge in [0.15, 0.2) is 0 Å². The van der Waals surface area contributed by atoms with Crippen molar-refractivity contribution in [3.8, 4) is 0 Å². The Morgan fingerprint density at radius 3 is 2.11 bits per heavy atom. The predicted octanol–water partition coefficient (Wildman–Crippen LogP) is 2.33. The second-order valence-electron chi connectivity index (χ2n) is 6.71. The molecule has 1 atom stereocenters. The quantitative estimate of drug-likeness (QED) is 0.854. The lowest BCUT2D eigenvalue weighted by molar-refractivity contribution is -0.140. The molecule has 0 aromatic carbocycles. The van der Waals surface area contributed by atoms with Crippen molar-refractivity contribution in [1.82, 2.24) is 10.2 Å². The van der Waals surface area contributed by atoms with Crippen LogP contribution >= 0.6 is 0 Å². The number of carbonyl (C=O) groups is 2. The number of hydrogen-bond acceptors (Lipinski definition) is 2. The van der Waals surface area contributed by atoms with Crippen LogP contribution < -0.4 is 5.32 Å². The van der Waals surface area contributed by atoms with Crippen molar-refractivity contribution in [2.24, 2.45) is 5.92 Å². The molecule has 1 N–H and O–H groups in total. The van der Waals surface area contributed by atoms with Crippen molar-refractivity contribution in [3.63, 3.8) is 0 Å². The fourth-order valence-electron chi connectivity index (χ4n) is 2.80. The molecule has 2 amide bonds. The zero-order valence-corrected chi connectivity index (χ0v) is 13.0. The smallest absolute Gasteiger partial charge is 0.243 e. The van der Waals surface area contributed by atoms with Gasteiger partial charge in [0, 0.05) is 19.5 Å². The molecule has 1 rings (SSSR count). The van der Waals surface area contributed by atoms with Crippen LogP contribution in [0.5, 0.6) is 0 Å². The largest absolute Gasteiger partial charge is 0.350 e. The summed E-state index contributed by atoms with van der Waals surface area (Å²) in [5, 5.41) is 3.02. The third-order valence-electron chi connectivity index (χ3n) is 3.78. The molecular weight excluding hydrogens is 240 g/mol. The van der Waals surface area contributed by atoms with E-state index in [9.17, 15) is 9.59 Å². The Balaban J connectivity index is 2.84. The molecule has 0 aliphatic heterocycles. The lowest BCUT2D eigenvalue weighted by Crippen LogP contribution is -2.55. The van der Waals surface area contributed by atoms with E-state index in [1.165, 1.54) is 13.3 Å². The van der Waals surface area contributed by atoms with Gasteiger partial charge in [-0.2, -0.15) is 0 Å². The summed E-state index contributed by atoms with van der Waals surface area (Å²) in [6.45, 7) is 7.43.